The first-order valence-electron chi connectivity index (χ1n) is 20.1. The molecule has 1 saturated heterocycles. The van der Waals surface area contributed by atoms with Crippen molar-refractivity contribution in [2.75, 3.05) is 6.54 Å². The van der Waals surface area contributed by atoms with Gasteiger partial charge in [-0.1, -0.05) is 48.5 Å². The number of carboxylic acids is 3. The van der Waals surface area contributed by atoms with Crippen molar-refractivity contribution < 1.29 is 68.1 Å². The molecular weight excluding hydrogens is 857 g/mol. The summed E-state index contributed by atoms with van der Waals surface area (Å²) in [7, 11) is 0. The SMILES string of the molecule is NC(=O)C[C@H](NC(=O)[C@@H]1CCCN1C(=O)[C@H](CC(N)=O)NC(=O)[C@H](Cc1ccccc1)NC(=O)[C@H](CC(=O)O)NC(=O)[C@H](Cc1c[nH]c2ccccc12)NC(=O)[C@@H](N)CC(=O)O)C(=O)O. The molecule has 348 valence electrons. The lowest BCUT2D eigenvalue weighted by molar-refractivity contribution is -0.146. The summed E-state index contributed by atoms with van der Waals surface area (Å²) in [4.78, 5) is 145. The Kier molecular flexibility index (Phi) is 17.6. The average molecular weight is 907 g/mol. The van der Waals surface area contributed by atoms with Crippen LogP contribution in [0.1, 0.15) is 49.7 Å². The topological polar surface area (TPSA) is 406 Å². The third-order valence-corrected chi connectivity index (χ3v) is 10.3. The van der Waals surface area contributed by atoms with Gasteiger partial charge in [0.15, 0.2) is 0 Å². The number of fused-ring (bicyclic) bond motifs is 1. The summed E-state index contributed by atoms with van der Waals surface area (Å²) >= 11 is 0. The number of carbonyl (C=O) groups excluding carboxylic acids is 8. The van der Waals surface area contributed by atoms with E-state index in [0.29, 0.717) is 22.0 Å². The second kappa shape index (κ2) is 23.0. The molecule has 3 aromatic rings. The predicted molar refractivity (Wildman–Crippen MR) is 224 cm³/mol. The predicted octanol–water partition coefficient (Wildman–Crippen LogP) is -3.52. The number of hydrogen-bond donors (Lipinski definition) is 12. The van der Waals surface area contributed by atoms with E-state index >= 15 is 0 Å². The molecule has 0 bridgehead atoms. The van der Waals surface area contributed by atoms with Crippen LogP contribution in [0.4, 0.5) is 0 Å². The number of benzene rings is 2. The number of carbonyl (C=O) groups is 11. The molecule has 0 radical (unpaired) electrons. The zero-order chi connectivity index (χ0) is 48.0. The Labute approximate surface area is 369 Å². The van der Waals surface area contributed by atoms with Crippen LogP contribution in [-0.4, -0.2) is 139 Å². The third kappa shape index (κ3) is 14.6. The minimum absolute atomic E-state index is 0.0303. The molecule has 8 amide bonds. The molecule has 2 aromatic carbocycles. The number of aromatic amines is 1. The molecule has 7 atom stereocenters. The van der Waals surface area contributed by atoms with Gasteiger partial charge in [-0.25, -0.2) is 4.79 Å². The fourth-order valence-corrected chi connectivity index (χ4v) is 7.12. The lowest BCUT2D eigenvalue weighted by Crippen LogP contribution is -2.60. The maximum absolute atomic E-state index is 14.1. The van der Waals surface area contributed by atoms with E-state index in [2.05, 4.69) is 31.6 Å². The Balaban J connectivity index is 1.60. The normalized spacial score (nSPS) is 16.1. The summed E-state index contributed by atoms with van der Waals surface area (Å²) in [5.74, 6) is -13.0. The van der Waals surface area contributed by atoms with Crippen molar-refractivity contribution in [3.8, 4) is 0 Å². The van der Waals surface area contributed by atoms with Crippen LogP contribution >= 0.6 is 0 Å². The summed E-state index contributed by atoms with van der Waals surface area (Å²) in [6.45, 7) is -0.0798. The van der Waals surface area contributed by atoms with Crippen molar-refractivity contribution in [1.29, 1.82) is 0 Å². The molecule has 24 heteroatoms. The zero-order valence-electron chi connectivity index (χ0n) is 34.7. The number of amides is 8. The largest absolute Gasteiger partial charge is 0.481 e. The van der Waals surface area contributed by atoms with Crippen molar-refractivity contribution in [3.63, 3.8) is 0 Å². The molecular formula is C41H50N10O14. The van der Waals surface area contributed by atoms with Crippen molar-refractivity contribution in [1.82, 2.24) is 36.5 Å². The van der Waals surface area contributed by atoms with E-state index in [0.717, 1.165) is 4.90 Å². The number of para-hydroxylation sites is 1. The van der Waals surface area contributed by atoms with Gasteiger partial charge in [-0.15, -0.1) is 0 Å². The van der Waals surface area contributed by atoms with E-state index < -0.39 is 133 Å². The summed E-state index contributed by atoms with van der Waals surface area (Å²) in [5.41, 5.74) is 17.9. The lowest BCUT2D eigenvalue weighted by atomic mass is 10.0. The number of nitrogens with zero attached hydrogens (tertiary/aromatic N) is 1. The van der Waals surface area contributed by atoms with Crippen molar-refractivity contribution in [2.24, 2.45) is 17.2 Å². The van der Waals surface area contributed by atoms with Crippen LogP contribution in [0.5, 0.6) is 0 Å². The van der Waals surface area contributed by atoms with E-state index in [1.165, 1.54) is 0 Å². The maximum atomic E-state index is 14.1. The molecule has 1 aliphatic heterocycles. The summed E-state index contributed by atoms with van der Waals surface area (Å²) in [6, 6.07) is 3.49. The molecule has 1 aliphatic rings. The second-order valence-corrected chi connectivity index (χ2v) is 15.2. The Hall–Kier alpha value is -7.89. The minimum atomic E-state index is -1.92. The number of carboxylic acid groups (broad SMARTS) is 3. The third-order valence-electron chi connectivity index (χ3n) is 10.3. The van der Waals surface area contributed by atoms with Gasteiger partial charge in [0, 0.05) is 36.5 Å². The number of likely N-dealkylation sites (tertiary alicyclic amines) is 1. The molecule has 24 nitrogen and oxygen atoms in total. The van der Waals surface area contributed by atoms with Gasteiger partial charge in [0.1, 0.15) is 36.3 Å². The van der Waals surface area contributed by atoms with Gasteiger partial charge >= 0.3 is 17.9 Å². The smallest absolute Gasteiger partial charge is 0.326 e. The Bertz CT molecular complexity index is 2300. The first-order valence-corrected chi connectivity index (χ1v) is 20.1. The highest BCUT2D eigenvalue weighted by atomic mass is 16.4. The van der Waals surface area contributed by atoms with Gasteiger partial charge in [0.05, 0.1) is 31.7 Å². The zero-order valence-corrected chi connectivity index (χ0v) is 34.7. The van der Waals surface area contributed by atoms with E-state index in [-0.39, 0.29) is 32.2 Å². The van der Waals surface area contributed by atoms with Crippen molar-refractivity contribution in [3.05, 3.63) is 71.9 Å². The molecule has 4 rings (SSSR count). The average Bonchev–Trinajstić information content (AvgIpc) is 3.89. The van der Waals surface area contributed by atoms with E-state index in [4.69, 9.17) is 17.2 Å². The Morgan fingerprint density at radius 1 is 0.631 bits per heavy atom. The van der Waals surface area contributed by atoms with Crippen molar-refractivity contribution >= 4 is 76.1 Å². The van der Waals surface area contributed by atoms with Gasteiger partial charge in [0.25, 0.3) is 0 Å². The number of nitrogens with two attached hydrogens (primary N) is 3. The number of nitrogens with one attached hydrogen (secondary N) is 6. The number of aliphatic carboxylic acids is 3. The highest BCUT2D eigenvalue weighted by Crippen LogP contribution is 2.21. The molecule has 1 aromatic heterocycles. The van der Waals surface area contributed by atoms with Crippen LogP contribution in [0.3, 0.4) is 0 Å². The molecule has 0 spiro atoms. The Morgan fingerprint density at radius 3 is 1.78 bits per heavy atom. The monoisotopic (exact) mass is 906 g/mol. The Morgan fingerprint density at radius 2 is 1.17 bits per heavy atom. The number of hydrogen-bond acceptors (Lipinski definition) is 12. The van der Waals surface area contributed by atoms with Crippen LogP contribution in [0, 0.1) is 0 Å². The highest BCUT2D eigenvalue weighted by Gasteiger charge is 2.41. The van der Waals surface area contributed by atoms with Crippen LogP contribution < -0.4 is 43.8 Å². The van der Waals surface area contributed by atoms with Crippen LogP contribution in [0.25, 0.3) is 10.9 Å². The number of rotatable bonds is 24. The first kappa shape index (κ1) is 49.8. The van der Waals surface area contributed by atoms with Gasteiger partial charge in [-0.05, 0) is 30.0 Å². The standard InChI is InChI=1S/C41H50N10O14/c42-23(15-33(54)55)35(58)46-26(14-21-19-45-24-10-5-4-9-22(21)24)37(60)48-27(18-34(56)57)38(61)47-25(13-20-7-2-1-3-8-20)36(59)49-28(16-31(43)52)40(63)51-12-6-11-30(51)39(62)50-29(41(64)65)17-32(44)53/h1-5,7-10,19,23,25-30,45H,6,11-18,42H2,(H2,43,52)(H2,44,53)(H,46,58)(H,47,61)(H,48,60)(H,49,59)(H,50,62)(H,54,55)(H,56,57)(H,64,65)/t23-,25-,26-,27-,28-,29-,30-/m0/s1. The minimum Gasteiger partial charge on any atom is -0.481 e. The lowest BCUT2D eigenvalue weighted by Gasteiger charge is -2.30. The van der Waals surface area contributed by atoms with E-state index in [1.54, 1.807) is 60.8 Å². The van der Waals surface area contributed by atoms with Gasteiger partial charge in [0.2, 0.25) is 47.3 Å². The van der Waals surface area contributed by atoms with Gasteiger partial charge in [-0.2, -0.15) is 0 Å². The number of aromatic nitrogens is 1. The van der Waals surface area contributed by atoms with E-state index in [9.17, 15) is 68.1 Å². The van der Waals surface area contributed by atoms with Gasteiger partial charge < -0.3 is 69.0 Å². The van der Waals surface area contributed by atoms with Gasteiger partial charge in [-0.3, -0.25) is 47.9 Å². The molecule has 0 saturated carbocycles. The quantitative estimate of drug-likeness (QED) is 0.0415. The molecule has 65 heavy (non-hydrogen) atoms. The molecule has 1 fully saturated rings. The van der Waals surface area contributed by atoms with Crippen LogP contribution in [-0.2, 0) is 65.6 Å². The summed E-state index contributed by atoms with van der Waals surface area (Å²) in [5, 5.41) is 40.7. The summed E-state index contributed by atoms with van der Waals surface area (Å²) in [6.07, 6.45) is -2.13. The molecule has 0 unspecified atom stereocenters. The fraction of sp³-hybridized carbons (Fsp3) is 0.390. The summed E-state index contributed by atoms with van der Waals surface area (Å²) < 4.78 is 0. The number of H-pyrrole nitrogens is 1. The fourth-order valence-electron chi connectivity index (χ4n) is 7.12. The molecule has 2 heterocycles. The second-order valence-electron chi connectivity index (χ2n) is 15.2. The van der Waals surface area contributed by atoms with Crippen LogP contribution in [0.15, 0.2) is 60.8 Å². The highest BCUT2D eigenvalue weighted by molar-refractivity contribution is 6.00. The van der Waals surface area contributed by atoms with E-state index in [1.807, 2.05) is 0 Å². The van der Waals surface area contributed by atoms with Crippen molar-refractivity contribution in [2.45, 2.75) is 93.7 Å². The molecule has 15 N–H and O–H groups in total. The maximum Gasteiger partial charge on any atom is 0.326 e. The number of primary amides is 2. The van der Waals surface area contributed by atoms with Crippen LogP contribution in [0.2, 0.25) is 0 Å². The first-order chi connectivity index (χ1) is 30.7. The molecule has 0 aliphatic carbocycles.